The summed E-state index contributed by atoms with van der Waals surface area (Å²) in [5.74, 6) is -0.351. The van der Waals surface area contributed by atoms with Crippen LogP contribution in [0.2, 0.25) is 0 Å². The van der Waals surface area contributed by atoms with Crippen molar-refractivity contribution in [2.24, 2.45) is 0 Å². The Morgan fingerprint density at radius 2 is 2.10 bits per heavy atom. The van der Waals surface area contributed by atoms with Crippen LogP contribution in [0, 0.1) is 11.3 Å². The van der Waals surface area contributed by atoms with Crippen molar-refractivity contribution >= 4 is 9.84 Å². The maximum absolute atomic E-state index is 12.8. The Labute approximate surface area is 120 Å². The first kappa shape index (κ1) is 15.8. The van der Waals surface area contributed by atoms with Gasteiger partial charge in [-0.15, -0.1) is 0 Å². The van der Waals surface area contributed by atoms with E-state index >= 15 is 0 Å². The van der Waals surface area contributed by atoms with Gasteiger partial charge in [0.05, 0.1) is 33.9 Å². The molecule has 1 aliphatic rings. The summed E-state index contributed by atoms with van der Waals surface area (Å²) in [4.78, 5) is -0.440. The van der Waals surface area contributed by atoms with Gasteiger partial charge in [-0.05, 0) is 31.0 Å². The molecule has 0 radical (unpaired) electrons. The zero-order valence-corrected chi connectivity index (χ0v) is 11.7. The average Bonchev–Trinajstić information content (AvgIpc) is 2.89. The Balaban J connectivity index is 2.38. The maximum Gasteiger partial charge on any atom is 0.417 e. The van der Waals surface area contributed by atoms with Crippen molar-refractivity contribution in [3.63, 3.8) is 0 Å². The fraction of sp³-hybridized carbons (Fsp3) is 0.462. The number of benzene rings is 1. The zero-order valence-electron chi connectivity index (χ0n) is 10.9. The van der Waals surface area contributed by atoms with Crippen molar-refractivity contribution in [1.29, 1.82) is 5.26 Å². The summed E-state index contributed by atoms with van der Waals surface area (Å²) in [5.41, 5.74) is -1.84. The topological polar surface area (TPSA) is 67.2 Å². The molecule has 0 bridgehead atoms. The number of sulfone groups is 1. The normalized spacial score (nSPS) is 19.4. The van der Waals surface area contributed by atoms with E-state index in [9.17, 15) is 21.6 Å². The fourth-order valence-electron chi connectivity index (χ4n) is 2.17. The molecule has 0 aromatic heterocycles. The van der Waals surface area contributed by atoms with Gasteiger partial charge in [-0.1, -0.05) is 0 Å². The number of nitrogens with zero attached hydrogens (tertiary/aromatic N) is 1. The van der Waals surface area contributed by atoms with Gasteiger partial charge in [-0.3, -0.25) is 0 Å². The summed E-state index contributed by atoms with van der Waals surface area (Å²) in [5, 5.41) is 8.69. The van der Waals surface area contributed by atoms with E-state index in [1.54, 1.807) is 0 Å². The van der Waals surface area contributed by atoms with Crippen LogP contribution in [-0.2, 0) is 20.8 Å². The predicted octanol–water partition coefficient (Wildman–Crippen LogP) is 2.53. The van der Waals surface area contributed by atoms with Gasteiger partial charge in [0.25, 0.3) is 0 Å². The standard InChI is InChI=1S/C13H12F3NO3S/c14-13(15,16)12-6-11(4-3-9(12)7-17)21(18,19)8-10-2-1-5-20-10/h3-4,6,10H,1-2,5,8H2. The third-order valence-electron chi connectivity index (χ3n) is 3.21. The van der Waals surface area contributed by atoms with Crippen LogP contribution in [-0.4, -0.2) is 26.9 Å². The summed E-state index contributed by atoms with van der Waals surface area (Å²) < 4.78 is 68.0. The Bertz CT molecular complexity index is 671. The second kappa shape index (κ2) is 5.66. The quantitative estimate of drug-likeness (QED) is 0.858. The summed E-state index contributed by atoms with van der Waals surface area (Å²) in [6, 6.07) is 3.84. The Morgan fingerprint density at radius 3 is 2.62 bits per heavy atom. The van der Waals surface area contributed by atoms with Gasteiger partial charge in [0.2, 0.25) is 0 Å². The van der Waals surface area contributed by atoms with Crippen LogP contribution in [0.1, 0.15) is 24.0 Å². The van der Waals surface area contributed by atoms with Gasteiger partial charge >= 0.3 is 6.18 Å². The van der Waals surface area contributed by atoms with Crippen LogP contribution in [0.5, 0.6) is 0 Å². The molecule has 114 valence electrons. The van der Waals surface area contributed by atoms with Gasteiger partial charge in [-0.25, -0.2) is 8.42 Å². The van der Waals surface area contributed by atoms with E-state index in [4.69, 9.17) is 10.00 Å². The lowest BCUT2D eigenvalue weighted by Gasteiger charge is -2.13. The maximum atomic E-state index is 12.8. The molecule has 0 spiro atoms. The van der Waals surface area contributed by atoms with E-state index in [-0.39, 0.29) is 5.75 Å². The molecule has 1 atom stereocenters. The highest BCUT2D eigenvalue weighted by Crippen LogP contribution is 2.33. The lowest BCUT2D eigenvalue weighted by Crippen LogP contribution is -2.21. The minimum atomic E-state index is -4.78. The first-order chi connectivity index (χ1) is 9.74. The van der Waals surface area contributed by atoms with Gasteiger partial charge < -0.3 is 4.74 Å². The van der Waals surface area contributed by atoms with Gasteiger partial charge in [0.1, 0.15) is 0 Å². The van der Waals surface area contributed by atoms with Crippen LogP contribution < -0.4 is 0 Å². The minimum absolute atomic E-state index is 0.351. The number of ether oxygens (including phenoxy) is 1. The van der Waals surface area contributed by atoms with E-state index in [0.717, 1.165) is 18.6 Å². The smallest absolute Gasteiger partial charge is 0.377 e. The molecule has 1 aromatic rings. The molecule has 8 heteroatoms. The molecule has 1 aliphatic heterocycles. The largest absolute Gasteiger partial charge is 0.417 e. The van der Waals surface area contributed by atoms with Crippen molar-refractivity contribution < 1.29 is 26.3 Å². The van der Waals surface area contributed by atoms with Crippen molar-refractivity contribution in [1.82, 2.24) is 0 Å². The van der Waals surface area contributed by atoms with Crippen molar-refractivity contribution in [2.45, 2.75) is 30.0 Å². The molecule has 4 nitrogen and oxygen atoms in total. The van der Waals surface area contributed by atoms with Crippen molar-refractivity contribution in [2.75, 3.05) is 12.4 Å². The summed E-state index contributed by atoms with van der Waals surface area (Å²) in [6.45, 7) is 0.460. The van der Waals surface area contributed by atoms with E-state index in [1.165, 1.54) is 6.07 Å². The summed E-state index contributed by atoms with van der Waals surface area (Å²) in [7, 11) is -3.89. The monoisotopic (exact) mass is 319 g/mol. The molecule has 0 amide bonds. The second-order valence-electron chi connectivity index (χ2n) is 4.73. The van der Waals surface area contributed by atoms with Gasteiger partial charge in [-0.2, -0.15) is 18.4 Å². The third kappa shape index (κ3) is 3.54. The van der Waals surface area contributed by atoms with Crippen LogP contribution in [0.3, 0.4) is 0 Å². The van der Waals surface area contributed by atoms with Crippen LogP contribution in [0.4, 0.5) is 13.2 Å². The van der Waals surface area contributed by atoms with Crippen molar-refractivity contribution in [3.8, 4) is 6.07 Å². The Morgan fingerprint density at radius 1 is 1.38 bits per heavy atom. The van der Waals surface area contributed by atoms with Crippen molar-refractivity contribution in [3.05, 3.63) is 29.3 Å². The molecule has 1 fully saturated rings. The highest BCUT2D eigenvalue weighted by atomic mass is 32.2. The fourth-order valence-corrected chi connectivity index (χ4v) is 3.68. The first-order valence-corrected chi connectivity index (χ1v) is 7.85. The third-order valence-corrected chi connectivity index (χ3v) is 4.99. The Hall–Kier alpha value is -1.59. The zero-order chi connectivity index (χ0) is 15.7. The summed E-state index contributed by atoms with van der Waals surface area (Å²) in [6.07, 6.45) is -3.95. The van der Waals surface area contributed by atoms with Crippen LogP contribution in [0.25, 0.3) is 0 Å². The molecule has 1 saturated heterocycles. The Kier molecular flexibility index (Phi) is 4.25. The van der Waals surface area contributed by atoms with E-state index in [0.29, 0.717) is 19.1 Å². The number of rotatable bonds is 3. The highest BCUT2D eigenvalue weighted by Gasteiger charge is 2.35. The highest BCUT2D eigenvalue weighted by molar-refractivity contribution is 7.91. The molecule has 1 aromatic carbocycles. The molecular formula is C13H12F3NO3S. The van der Waals surface area contributed by atoms with E-state index < -0.39 is 38.1 Å². The number of hydrogen-bond acceptors (Lipinski definition) is 4. The number of nitriles is 1. The SMILES string of the molecule is N#Cc1ccc(S(=O)(=O)CC2CCCO2)cc1C(F)(F)F. The lowest BCUT2D eigenvalue weighted by atomic mass is 10.1. The molecular weight excluding hydrogens is 307 g/mol. The second-order valence-corrected chi connectivity index (χ2v) is 6.77. The molecule has 0 aliphatic carbocycles. The molecule has 1 unspecified atom stereocenters. The van der Waals surface area contributed by atoms with Gasteiger partial charge in [0.15, 0.2) is 9.84 Å². The predicted molar refractivity (Wildman–Crippen MR) is 67.2 cm³/mol. The number of hydrogen-bond donors (Lipinski definition) is 0. The number of alkyl halides is 3. The molecule has 2 rings (SSSR count). The van der Waals surface area contributed by atoms with E-state index in [1.807, 2.05) is 0 Å². The molecule has 21 heavy (non-hydrogen) atoms. The number of halogens is 3. The van der Waals surface area contributed by atoms with E-state index in [2.05, 4.69) is 0 Å². The molecule has 0 saturated carbocycles. The minimum Gasteiger partial charge on any atom is -0.377 e. The van der Waals surface area contributed by atoms with Crippen LogP contribution >= 0.6 is 0 Å². The molecule has 1 heterocycles. The molecule has 0 N–H and O–H groups in total. The summed E-state index contributed by atoms with van der Waals surface area (Å²) >= 11 is 0. The van der Waals surface area contributed by atoms with Crippen LogP contribution in [0.15, 0.2) is 23.1 Å². The first-order valence-electron chi connectivity index (χ1n) is 6.20. The average molecular weight is 319 g/mol. The van der Waals surface area contributed by atoms with Gasteiger partial charge in [0, 0.05) is 6.61 Å². The lowest BCUT2D eigenvalue weighted by molar-refractivity contribution is -0.137.